The number of esters is 1. The molecule has 3 rings (SSSR count). The van der Waals surface area contributed by atoms with Crippen LogP contribution in [0.2, 0.25) is 0 Å². The van der Waals surface area contributed by atoms with E-state index in [4.69, 9.17) is 13.8 Å². The first-order valence-corrected chi connectivity index (χ1v) is 11.0. The van der Waals surface area contributed by atoms with Crippen molar-refractivity contribution < 1.29 is 28.1 Å². The Labute approximate surface area is 174 Å². The van der Waals surface area contributed by atoms with Crippen LogP contribution < -0.4 is 14.1 Å². The summed E-state index contributed by atoms with van der Waals surface area (Å²) in [6, 6.07) is 13.5. The van der Waals surface area contributed by atoms with Gasteiger partial charge < -0.3 is 13.8 Å². The summed E-state index contributed by atoms with van der Waals surface area (Å²) >= 11 is 0. The van der Waals surface area contributed by atoms with E-state index >= 15 is 0 Å². The number of non-ortho nitro benzene ring substituents is 1. The first-order chi connectivity index (χ1) is 14.2. The fourth-order valence-electron chi connectivity index (χ4n) is 2.93. The lowest BCUT2D eigenvalue weighted by atomic mass is 9.78. The average Bonchev–Trinajstić information content (AvgIpc) is 2.65. The molecule has 0 aromatic heterocycles. The van der Waals surface area contributed by atoms with E-state index in [1.165, 1.54) is 24.3 Å². The number of rotatable bonds is 9. The van der Waals surface area contributed by atoms with E-state index in [-0.39, 0.29) is 23.3 Å². The van der Waals surface area contributed by atoms with Crippen LogP contribution >= 0.6 is 7.75 Å². The van der Waals surface area contributed by atoms with Crippen LogP contribution in [0.25, 0.3) is 0 Å². The van der Waals surface area contributed by atoms with Gasteiger partial charge in [-0.15, -0.1) is 0 Å². The Morgan fingerprint density at radius 3 is 2.10 bits per heavy atom. The average molecular weight is 434 g/mol. The molecule has 1 unspecified atom stereocenters. The van der Waals surface area contributed by atoms with Gasteiger partial charge in [0.25, 0.3) is 5.69 Å². The molecule has 0 aliphatic heterocycles. The first-order valence-electron chi connectivity index (χ1n) is 9.51. The molecule has 1 fully saturated rings. The van der Waals surface area contributed by atoms with Gasteiger partial charge in [0.15, 0.2) is 0 Å². The highest BCUT2D eigenvalue weighted by Crippen LogP contribution is 2.50. The molecule has 1 atom stereocenters. The van der Waals surface area contributed by atoms with Gasteiger partial charge in [0.05, 0.1) is 11.0 Å². The lowest BCUT2D eigenvalue weighted by Gasteiger charge is -2.41. The normalized spacial score (nSPS) is 16.8. The highest BCUT2D eigenvalue weighted by Gasteiger charge is 2.52. The number of nitrogens with one attached hydrogen (secondary N) is 1. The van der Waals surface area contributed by atoms with Crippen molar-refractivity contribution >= 4 is 19.4 Å². The van der Waals surface area contributed by atoms with E-state index in [2.05, 4.69) is 5.09 Å². The van der Waals surface area contributed by atoms with E-state index in [1.807, 2.05) is 0 Å². The molecule has 10 heteroatoms. The van der Waals surface area contributed by atoms with Gasteiger partial charge >= 0.3 is 13.7 Å². The Kier molecular flexibility index (Phi) is 6.43. The van der Waals surface area contributed by atoms with E-state index in [9.17, 15) is 19.5 Å². The van der Waals surface area contributed by atoms with Gasteiger partial charge in [-0.2, -0.15) is 5.09 Å². The largest absolute Gasteiger partial charge is 0.513 e. The lowest BCUT2D eigenvalue weighted by molar-refractivity contribution is -0.384. The summed E-state index contributed by atoms with van der Waals surface area (Å²) in [4.78, 5) is 23.0. The molecule has 0 spiro atoms. The summed E-state index contributed by atoms with van der Waals surface area (Å²) in [6.07, 6.45) is 1.26. The van der Waals surface area contributed by atoms with Gasteiger partial charge in [0.2, 0.25) is 0 Å². The third-order valence-corrected chi connectivity index (χ3v) is 6.14. The number of nitro benzene ring substituents is 1. The van der Waals surface area contributed by atoms with Gasteiger partial charge in [0, 0.05) is 12.1 Å². The quantitative estimate of drug-likeness (QED) is 0.263. The van der Waals surface area contributed by atoms with Crippen LogP contribution in [0.15, 0.2) is 54.6 Å². The number of benzene rings is 2. The van der Waals surface area contributed by atoms with Gasteiger partial charge in [0.1, 0.15) is 17.0 Å². The lowest BCUT2D eigenvalue weighted by Crippen LogP contribution is -2.57. The second-order valence-corrected chi connectivity index (χ2v) is 8.83. The fourth-order valence-corrected chi connectivity index (χ4v) is 4.70. The molecular formula is C20H23N2O7P. The molecule has 0 heterocycles. The number of carbonyl (C=O) groups is 1. The SMILES string of the molecule is CC(C)OC(=O)C1(NP(=O)(Oc2ccccc2)Oc2ccc([N+](=O)[O-])cc2)CCC1. The summed E-state index contributed by atoms with van der Waals surface area (Å²) in [7, 11) is -4.11. The van der Waals surface area contributed by atoms with Crippen molar-refractivity contribution in [1.29, 1.82) is 0 Å². The molecule has 2 aromatic carbocycles. The van der Waals surface area contributed by atoms with Gasteiger partial charge in [-0.25, -0.2) is 4.57 Å². The van der Waals surface area contributed by atoms with Crippen LogP contribution in [0.3, 0.4) is 0 Å². The zero-order valence-electron chi connectivity index (χ0n) is 16.6. The van der Waals surface area contributed by atoms with Crippen molar-refractivity contribution in [2.75, 3.05) is 0 Å². The Balaban J connectivity index is 1.88. The van der Waals surface area contributed by atoms with Crippen molar-refractivity contribution in [3.05, 3.63) is 64.7 Å². The zero-order valence-corrected chi connectivity index (χ0v) is 17.5. The minimum Gasteiger partial charge on any atom is -0.462 e. The number of nitrogens with zero attached hydrogens (tertiary/aromatic N) is 1. The summed E-state index contributed by atoms with van der Waals surface area (Å²) in [5, 5.41) is 13.6. The monoisotopic (exact) mass is 434 g/mol. The second-order valence-electron chi connectivity index (χ2n) is 7.25. The smallest absolute Gasteiger partial charge is 0.462 e. The number of para-hydroxylation sites is 1. The fraction of sp³-hybridized carbons (Fsp3) is 0.350. The molecular weight excluding hydrogens is 411 g/mol. The number of ether oxygens (including phenoxy) is 1. The van der Waals surface area contributed by atoms with Gasteiger partial charge in [-0.05, 0) is 57.4 Å². The highest BCUT2D eigenvalue weighted by molar-refractivity contribution is 7.52. The molecule has 9 nitrogen and oxygen atoms in total. The zero-order chi connectivity index (χ0) is 21.8. The van der Waals surface area contributed by atoms with Crippen LogP contribution in [-0.2, 0) is 14.1 Å². The maximum atomic E-state index is 13.7. The third kappa shape index (κ3) is 5.17. The standard InChI is InChI=1S/C20H23N2O7P/c1-15(2)27-19(23)20(13-6-14-20)21-30(26,28-17-7-4-3-5-8-17)29-18-11-9-16(10-12-18)22(24)25/h3-5,7-12,15H,6,13-14H2,1-2H3,(H,21,26). The topological polar surface area (TPSA) is 117 Å². The minimum atomic E-state index is -4.11. The predicted molar refractivity (Wildman–Crippen MR) is 109 cm³/mol. The number of hydrogen-bond acceptors (Lipinski definition) is 7. The molecule has 0 radical (unpaired) electrons. The molecule has 1 saturated carbocycles. The summed E-state index contributed by atoms with van der Waals surface area (Å²) < 4.78 is 30.3. The number of hydrogen-bond donors (Lipinski definition) is 1. The highest BCUT2D eigenvalue weighted by atomic mass is 31.2. The Bertz CT molecular complexity index is 943. The third-order valence-electron chi connectivity index (χ3n) is 4.53. The van der Waals surface area contributed by atoms with E-state index in [1.54, 1.807) is 44.2 Å². The Morgan fingerprint density at radius 2 is 1.63 bits per heavy atom. The van der Waals surface area contributed by atoms with Crippen molar-refractivity contribution in [2.24, 2.45) is 0 Å². The van der Waals surface area contributed by atoms with Crippen LogP contribution in [0, 0.1) is 10.1 Å². The summed E-state index contributed by atoms with van der Waals surface area (Å²) in [5.41, 5.74) is -1.32. The summed E-state index contributed by atoms with van der Waals surface area (Å²) in [6.45, 7) is 3.47. The maximum absolute atomic E-state index is 13.7. The Morgan fingerprint density at radius 1 is 1.07 bits per heavy atom. The predicted octanol–water partition coefficient (Wildman–Crippen LogP) is 4.62. The Hall–Kier alpha value is -2.90. The van der Waals surface area contributed by atoms with Crippen molar-refractivity contribution in [3.8, 4) is 11.5 Å². The molecule has 0 bridgehead atoms. The molecule has 1 N–H and O–H groups in total. The molecule has 1 aliphatic rings. The first kappa shape index (κ1) is 21.8. The summed E-state index contributed by atoms with van der Waals surface area (Å²) in [5.74, 6) is -0.144. The van der Waals surface area contributed by atoms with E-state index < -0.39 is 24.2 Å². The maximum Gasteiger partial charge on any atom is 0.513 e. The number of nitro groups is 1. The van der Waals surface area contributed by atoms with Crippen LogP contribution in [0.4, 0.5) is 5.69 Å². The molecule has 0 saturated heterocycles. The van der Waals surface area contributed by atoms with Crippen molar-refractivity contribution in [1.82, 2.24) is 5.09 Å². The van der Waals surface area contributed by atoms with Crippen LogP contribution in [0.1, 0.15) is 33.1 Å². The second kappa shape index (κ2) is 8.85. The molecule has 0 amide bonds. The number of carbonyl (C=O) groups excluding carboxylic acids is 1. The molecule has 30 heavy (non-hydrogen) atoms. The van der Waals surface area contributed by atoms with Gasteiger partial charge in [-0.3, -0.25) is 14.9 Å². The molecule has 2 aromatic rings. The van der Waals surface area contributed by atoms with Gasteiger partial charge in [-0.1, -0.05) is 18.2 Å². The van der Waals surface area contributed by atoms with Crippen molar-refractivity contribution in [2.45, 2.75) is 44.8 Å². The molecule has 160 valence electrons. The van der Waals surface area contributed by atoms with E-state index in [0.717, 1.165) is 6.42 Å². The molecule has 1 aliphatic carbocycles. The van der Waals surface area contributed by atoms with E-state index in [0.29, 0.717) is 12.8 Å². The van der Waals surface area contributed by atoms with Crippen LogP contribution in [-0.4, -0.2) is 22.5 Å². The van der Waals surface area contributed by atoms with Crippen LogP contribution in [0.5, 0.6) is 11.5 Å². The minimum absolute atomic E-state index is 0.0964. The van der Waals surface area contributed by atoms with Crippen molar-refractivity contribution in [3.63, 3.8) is 0 Å².